The van der Waals surface area contributed by atoms with E-state index in [9.17, 15) is 0 Å². The second-order valence-corrected chi connectivity index (χ2v) is 4.52. The lowest BCUT2D eigenvalue weighted by atomic mass is 10.4. The van der Waals surface area contributed by atoms with E-state index < -0.39 is 0 Å². The summed E-state index contributed by atoms with van der Waals surface area (Å²) in [5.41, 5.74) is 0. The van der Waals surface area contributed by atoms with Crippen molar-refractivity contribution in [2.24, 2.45) is 0 Å². The number of nitrogens with zero attached hydrogens (tertiary/aromatic N) is 2. The van der Waals surface area contributed by atoms with Crippen LogP contribution in [0.5, 0.6) is 0 Å². The van der Waals surface area contributed by atoms with E-state index in [-0.39, 0.29) is 6.61 Å². The summed E-state index contributed by atoms with van der Waals surface area (Å²) in [6.45, 7) is 0.873. The summed E-state index contributed by atoms with van der Waals surface area (Å²) < 4.78 is 1.98. The van der Waals surface area contributed by atoms with Crippen LogP contribution in [0.4, 0.5) is 0 Å². The van der Waals surface area contributed by atoms with E-state index in [4.69, 9.17) is 5.11 Å². The van der Waals surface area contributed by atoms with Gasteiger partial charge in [-0.15, -0.1) is 11.8 Å². The van der Waals surface area contributed by atoms with Gasteiger partial charge in [0.15, 0.2) is 0 Å². The number of rotatable bonds is 5. The third-order valence-electron chi connectivity index (χ3n) is 2.29. The molecule has 0 aliphatic rings. The Labute approximate surface area is 99.1 Å². The molecule has 0 fully saturated rings. The molecule has 0 amide bonds. The van der Waals surface area contributed by atoms with Crippen molar-refractivity contribution in [3.8, 4) is 0 Å². The number of aliphatic hydroxyl groups excluding tert-OH is 1. The first-order valence-electron chi connectivity index (χ1n) is 5.19. The highest BCUT2D eigenvalue weighted by atomic mass is 32.2. The maximum Gasteiger partial charge on any atom is 0.134 e. The molecule has 84 valence electrons. The fourth-order valence-electron chi connectivity index (χ4n) is 1.47. The van der Waals surface area contributed by atoms with Crippen LogP contribution < -0.4 is 0 Å². The predicted molar refractivity (Wildman–Crippen MR) is 65.3 cm³/mol. The summed E-state index contributed by atoms with van der Waals surface area (Å²) in [7, 11) is 0. The average molecular weight is 234 g/mol. The molecule has 1 heterocycles. The van der Waals surface area contributed by atoms with E-state index in [0.29, 0.717) is 0 Å². The summed E-state index contributed by atoms with van der Waals surface area (Å²) in [6, 6.07) is 10.3. The minimum Gasteiger partial charge on any atom is -0.388 e. The molecule has 0 saturated heterocycles. The summed E-state index contributed by atoms with van der Waals surface area (Å²) >= 11 is 1.81. The molecule has 2 aromatic rings. The zero-order valence-electron chi connectivity index (χ0n) is 8.91. The Balaban J connectivity index is 1.85. The van der Waals surface area contributed by atoms with Crippen LogP contribution >= 0.6 is 11.8 Å². The highest BCUT2D eigenvalue weighted by Crippen LogP contribution is 2.17. The van der Waals surface area contributed by atoms with Crippen LogP contribution in [-0.2, 0) is 13.2 Å². The minimum atomic E-state index is 0.00298. The molecule has 0 atom stereocenters. The van der Waals surface area contributed by atoms with E-state index >= 15 is 0 Å². The molecule has 3 nitrogen and oxygen atoms in total. The van der Waals surface area contributed by atoms with Crippen molar-refractivity contribution >= 4 is 11.8 Å². The monoisotopic (exact) mass is 234 g/mol. The largest absolute Gasteiger partial charge is 0.388 e. The topological polar surface area (TPSA) is 38.1 Å². The first kappa shape index (κ1) is 11.2. The Morgan fingerprint density at radius 3 is 2.81 bits per heavy atom. The fourth-order valence-corrected chi connectivity index (χ4v) is 2.35. The number of hydrogen-bond donors (Lipinski definition) is 1. The maximum atomic E-state index is 9.03. The summed E-state index contributed by atoms with van der Waals surface area (Å²) in [6.07, 6.45) is 3.62. The average Bonchev–Trinajstić information content (AvgIpc) is 2.78. The van der Waals surface area contributed by atoms with Gasteiger partial charge in [-0.3, -0.25) is 0 Å². The molecule has 0 radical (unpaired) electrons. The molecular formula is C12H14N2OS. The zero-order chi connectivity index (χ0) is 11.2. The third-order valence-corrected chi connectivity index (χ3v) is 3.28. The Kier molecular flexibility index (Phi) is 4.02. The second kappa shape index (κ2) is 5.72. The number of hydrogen-bond acceptors (Lipinski definition) is 3. The number of benzene rings is 1. The normalized spacial score (nSPS) is 10.6. The van der Waals surface area contributed by atoms with Crippen molar-refractivity contribution in [2.45, 2.75) is 18.0 Å². The van der Waals surface area contributed by atoms with E-state index in [2.05, 4.69) is 17.1 Å². The van der Waals surface area contributed by atoms with Crippen molar-refractivity contribution in [1.82, 2.24) is 9.55 Å². The lowest BCUT2D eigenvalue weighted by molar-refractivity contribution is 0.266. The lowest BCUT2D eigenvalue weighted by Gasteiger charge is -2.05. The SMILES string of the molecule is OCc1nccn1CCSc1ccccc1. The summed E-state index contributed by atoms with van der Waals surface area (Å²) in [5.74, 6) is 1.71. The number of aromatic nitrogens is 2. The molecule has 0 saturated carbocycles. The van der Waals surface area contributed by atoms with Gasteiger partial charge in [0.2, 0.25) is 0 Å². The zero-order valence-corrected chi connectivity index (χ0v) is 9.73. The van der Waals surface area contributed by atoms with Gasteiger partial charge in [-0.1, -0.05) is 18.2 Å². The second-order valence-electron chi connectivity index (χ2n) is 3.36. The molecule has 4 heteroatoms. The highest BCUT2D eigenvalue weighted by Gasteiger charge is 2.00. The quantitative estimate of drug-likeness (QED) is 0.806. The van der Waals surface area contributed by atoms with Crippen molar-refractivity contribution < 1.29 is 5.11 Å². The van der Waals surface area contributed by atoms with Crippen molar-refractivity contribution in [2.75, 3.05) is 5.75 Å². The lowest BCUT2D eigenvalue weighted by Crippen LogP contribution is -2.04. The Hall–Kier alpha value is -1.26. The number of imidazole rings is 1. The van der Waals surface area contributed by atoms with E-state index in [1.165, 1.54) is 4.90 Å². The molecule has 0 unspecified atom stereocenters. The van der Waals surface area contributed by atoms with Crippen molar-refractivity contribution in [1.29, 1.82) is 0 Å². The van der Waals surface area contributed by atoms with Gasteiger partial charge in [0, 0.05) is 29.6 Å². The van der Waals surface area contributed by atoms with Gasteiger partial charge < -0.3 is 9.67 Å². The standard InChI is InChI=1S/C12H14N2OS/c15-10-12-13-6-7-14(12)8-9-16-11-4-2-1-3-5-11/h1-7,15H,8-10H2. The molecular weight excluding hydrogens is 220 g/mol. The van der Waals surface area contributed by atoms with Crippen LogP contribution in [0.15, 0.2) is 47.6 Å². The van der Waals surface area contributed by atoms with Crippen LogP contribution in [0.1, 0.15) is 5.82 Å². The molecule has 16 heavy (non-hydrogen) atoms. The van der Waals surface area contributed by atoms with E-state index in [0.717, 1.165) is 18.1 Å². The molecule has 0 spiro atoms. The highest BCUT2D eigenvalue weighted by molar-refractivity contribution is 7.99. The van der Waals surface area contributed by atoms with Gasteiger partial charge in [0.05, 0.1) is 0 Å². The van der Waals surface area contributed by atoms with Gasteiger partial charge in [-0.25, -0.2) is 4.98 Å². The van der Waals surface area contributed by atoms with Crippen molar-refractivity contribution in [3.63, 3.8) is 0 Å². The van der Waals surface area contributed by atoms with Crippen LogP contribution in [0.3, 0.4) is 0 Å². The van der Waals surface area contributed by atoms with E-state index in [1.807, 2.05) is 40.7 Å². The van der Waals surface area contributed by atoms with Gasteiger partial charge >= 0.3 is 0 Å². The predicted octanol–water partition coefficient (Wildman–Crippen LogP) is 2.17. The minimum absolute atomic E-state index is 0.00298. The van der Waals surface area contributed by atoms with Gasteiger partial charge in [0.25, 0.3) is 0 Å². The van der Waals surface area contributed by atoms with Crippen LogP contribution in [0, 0.1) is 0 Å². The summed E-state index contributed by atoms with van der Waals surface area (Å²) in [5, 5.41) is 9.03. The number of aliphatic hydroxyl groups is 1. The van der Waals surface area contributed by atoms with Crippen LogP contribution in [0.25, 0.3) is 0 Å². The Bertz CT molecular complexity index is 428. The molecule has 1 aromatic carbocycles. The van der Waals surface area contributed by atoms with E-state index in [1.54, 1.807) is 6.20 Å². The van der Waals surface area contributed by atoms with Gasteiger partial charge in [-0.2, -0.15) is 0 Å². The van der Waals surface area contributed by atoms with Gasteiger partial charge in [-0.05, 0) is 12.1 Å². The smallest absolute Gasteiger partial charge is 0.134 e. The van der Waals surface area contributed by atoms with Crippen LogP contribution in [-0.4, -0.2) is 20.4 Å². The molecule has 0 bridgehead atoms. The summed E-state index contributed by atoms with van der Waals surface area (Å²) in [4.78, 5) is 5.34. The molecule has 0 aliphatic heterocycles. The molecule has 1 N–H and O–H groups in total. The fraction of sp³-hybridized carbons (Fsp3) is 0.250. The maximum absolute atomic E-state index is 9.03. The third kappa shape index (κ3) is 2.87. The van der Waals surface area contributed by atoms with Crippen LogP contribution in [0.2, 0.25) is 0 Å². The van der Waals surface area contributed by atoms with Crippen molar-refractivity contribution in [3.05, 3.63) is 48.5 Å². The Morgan fingerprint density at radius 1 is 1.25 bits per heavy atom. The number of aryl methyl sites for hydroxylation is 1. The Morgan fingerprint density at radius 2 is 2.06 bits per heavy atom. The number of thioether (sulfide) groups is 1. The molecule has 0 aliphatic carbocycles. The first-order valence-corrected chi connectivity index (χ1v) is 6.17. The molecule has 1 aromatic heterocycles. The van der Waals surface area contributed by atoms with Gasteiger partial charge in [0.1, 0.15) is 12.4 Å². The first-order chi connectivity index (χ1) is 7.90. The molecule has 2 rings (SSSR count).